The zero-order chi connectivity index (χ0) is 15.4. The number of halogens is 3. The van der Waals surface area contributed by atoms with Crippen LogP contribution in [0.2, 0.25) is 0 Å². The highest BCUT2D eigenvalue weighted by atomic mass is 79.9. The van der Waals surface area contributed by atoms with Crippen LogP contribution in [0.1, 0.15) is 5.56 Å². The molecule has 0 fully saturated rings. The number of carbonyl (C=O) groups excluding carboxylic acids is 1. The van der Waals surface area contributed by atoms with Gasteiger partial charge in [-0.05, 0) is 42.8 Å². The Kier molecular flexibility index (Phi) is 4.90. The van der Waals surface area contributed by atoms with Crippen LogP contribution >= 0.6 is 15.9 Å². The second-order valence-electron chi connectivity index (χ2n) is 4.37. The van der Waals surface area contributed by atoms with Crippen molar-refractivity contribution in [2.45, 2.75) is 6.92 Å². The number of anilines is 1. The molecule has 6 heteroatoms. The van der Waals surface area contributed by atoms with E-state index in [2.05, 4.69) is 21.2 Å². The van der Waals surface area contributed by atoms with Crippen molar-refractivity contribution in [1.82, 2.24) is 0 Å². The second kappa shape index (κ2) is 6.67. The van der Waals surface area contributed by atoms with Gasteiger partial charge in [-0.1, -0.05) is 22.0 Å². The first-order valence-electron chi connectivity index (χ1n) is 6.09. The average Bonchev–Trinajstić information content (AvgIpc) is 2.42. The SMILES string of the molecule is Cc1ccc(F)cc1NC(=O)COc1ccc(Br)cc1F. The van der Waals surface area contributed by atoms with Crippen LogP contribution in [0.25, 0.3) is 0 Å². The van der Waals surface area contributed by atoms with Gasteiger partial charge < -0.3 is 10.1 Å². The molecule has 3 nitrogen and oxygen atoms in total. The van der Waals surface area contributed by atoms with Crippen molar-refractivity contribution < 1.29 is 18.3 Å². The van der Waals surface area contributed by atoms with Crippen LogP contribution in [-0.4, -0.2) is 12.5 Å². The summed E-state index contributed by atoms with van der Waals surface area (Å²) in [4.78, 5) is 11.7. The fraction of sp³-hybridized carbons (Fsp3) is 0.133. The summed E-state index contributed by atoms with van der Waals surface area (Å²) in [5, 5.41) is 2.52. The number of amides is 1. The van der Waals surface area contributed by atoms with E-state index in [0.29, 0.717) is 10.2 Å². The maximum absolute atomic E-state index is 13.5. The Morgan fingerprint density at radius 3 is 2.71 bits per heavy atom. The first kappa shape index (κ1) is 15.4. The van der Waals surface area contributed by atoms with Crippen LogP contribution in [0.15, 0.2) is 40.9 Å². The third kappa shape index (κ3) is 4.26. The summed E-state index contributed by atoms with van der Waals surface area (Å²) < 4.78 is 32.3. The Labute approximate surface area is 129 Å². The zero-order valence-electron chi connectivity index (χ0n) is 11.1. The third-order valence-corrected chi connectivity index (χ3v) is 3.22. The Hall–Kier alpha value is -1.95. The van der Waals surface area contributed by atoms with Gasteiger partial charge in [0.15, 0.2) is 18.2 Å². The first-order chi connectivity index (χ1) is 9.95. The van der Waals surface area contributed by atoms with Gasteiger partial charge in [0.2, 0.25) is 0 Å². The highest BCUT2D eigenvalue weighted by Gasteiger charge is 2.09. The van der Waals surface area contributed by atoms with Gasteiger partial charge >= 0.3 is 0 Å². The van der Waals surface area contributed by atoms with E-state index in [9.17, 15) is 13.6 Å². The smallest absolute Gasteiger partial charge is 0.262 e. The van der Waals surface area contributed by atoms with Gasteiger partial charge in [0, 0.05) is 10.2 Å². The lowest BCUT2D eigenvalue weighted by Crippen LogP contribution is -2.21. The van der Waals surface area contributed by atoms with E-state index in [1.165, 1.54) is 24.3 Å². The van der Waals surface area contributed by atoms with Gasteiger partial charge in [-0.15, -0.1) is 0 Å². The van der Waals surface area contributed by atoms with Gasteiger partial charge in [0.05, 0.1) is 0 Å². The molecule has 2 aromatic carbocycles. The van der Waals surface area contributed by atoms with E-state index in [1.54, 1.807) is 19.1 Å². The number of nitrogens with one attached hydrogen (secondary N) is 1. The summed E-state index contributed by atoms with van der Waals surface area (Å²) in [6.45, 7) is 1.37. The molecule has 0 aromatic heterocycles. The lowest BCUT2D eigenvalue weighted by atomic mass is 10.2. The van der Waals surface area contributed by atoms with Crippen LogP contribution in [0.3, 0.4) is 0 Å². The molecule has 110 valence electrons. The number of ether oxygens (including phenoxy) is 1. The van der Waals surface area contributed by atoms with Crippen molar-refractivity contribution >= 4 is 27.5 Å². The van der Waals surface area contributed by atoms with E-state index in [-0.39, 0.29) is 12.4 Å². The highest BCUT2D eigenvalue weighted by Crippen LogP contribution is 2.21. The molecule has 1 N–H and O–H groups in total. The molecule has 0 saturated carbocycles. The van der Waals surface area contributed by atoms with E-state index < -0.39 is 17.5 Å². The molecule has 2 rings (SSSR count). The molecule has 1 amide bonds. The van der Waals surface area contributed by atoms with Crippen molar-refractivity contribution in [1.29, 1.82) is 0 Å². The van der Waals surface area contributed by atoms with Gasteiger partial charge in [-0.2, -0.15) is 0 Å². The van der Waals surface area contributed by atoms with E-state index in [1.807, 2.05) is 0 Å². The van der Waals surface area contributed by atoms with Crippen molar-refractivity contribution in [2.24, 2.45) is 0 Å². The lowest BCUT2D eigenvalue weighted by Gasteiger charge is -2.10. The van der Waals surface area contributed by atoms with E-state index >= 15 is 0 Å². The molecule has 21 heavy (non-hydrogen) atoms. The predicted octanol–water partition coefficient (Wildman–Crippen LogP) is 4.05. The van der Waals surface area contributed by atoms with Crippen LogP contribution in [0.5, 0.6) is 5.75 Å². The van der Waals surface area contributed by atoms with Crippen LogP contribution in [-0.2, 0) is 4.79 Å². The summed E-state index contributed by atoms with van der Waals surface area (Å²) in [5.41, 5.74) is 1.08. The van der Waals surface area contributed by atoms with E-state index in [4.69, 9.17) is 4.74 Å². The van der Waals surface area contributed by atoms with Gasteiger partial charge in [-0.3, -0.25) is 4.79 Å². The van der Waals surface area contributed by atoms with E-state index in [0.717, 1.165) is 5.56 Å². The largest absolute Gasteiger partial charge is 0.481 e. The average molecular weight is 356 g/mol. The normalized spacial score (nSPS) is 10.3. The molecular formula is C15H12BrF2NO2. The molecule has 0 radical (unpaired) electrons. The fourth-order valence-corrected chi connectivity index (χ4v) is 1.98. The quantitative estimate of drug-likeness (QED) is 0.898. The molecular weight excluding hydrogens is 344 g/mol. The molecule has 0 aliphatic rings. The lowest BCUT2D eigenvalue weighted by molar-refractivity contribution is -0.118. The molecule has 0 unspecified atom stereocenters. The molecule has 0 heterocycles. The fourth-order valence-electron chi connectivity index (χ4n) is 1.65. The molecule has 0 aliphatic carbocycles. The molecule has 2 aromatic rings. The highest BCUT2D eigenvalue weighted by molar-refractivity contribution is 9.10. The minimum atomic E-state index is -0.570. The maximum Gasteiger partial charge on any atom is 0.262 e. The van der Waals surface area contributed by atoms with Crippen molar-refractivity contribution in [2.75, 3.05) is 11.9 Å². The number of hydrogen-bond donors (Lipinski definition) is 1. The topological polar surface area (TPSA) is 38.3 Å². The Morgan fingerprint density at radius 2 is 2.00 bits per heavy atom. The number of hydrogen-bond acceptors (Lipinski definition) is 2. The summed E-state index contributed by atoms with van der Waals surface area (Å²) in [6.07, 6.45) is 0. The van der Waals surface area contributed by atoms with Gasteiger partial charge in [0.25, 0.3) is 5.91 Å². The van der Waals surface area contributed by atoms with Crippen LogP contribution in [0.4, 0.5) is 14.5 Å². The first-order valence-corrected chi connectivity index (χ1v) is 6.89. The van der Waals surface area contributed by atoms with Crippen molar-refractivity contribution in [3.63, 3.8) is 0 Å². The molecule has 0 bridgehead atoms. The van der Waals surface area contributed by atoms with Crippen LogP contribution in [0, 0.1) is 18.6 Å². The van der Waals surface area contributed by atoms with Crippen molar-refractivity contribution in [3.05, 3.63) is 58.1 Å². The number of aryl methyl sites for hydroxylation is 1. The Balaban J connectivity index is 1.97. The number of rotatable bonds is 4. The zero-order valence-corrected chi connectivity index (χ0v) is 12.7. The Bertz CT molecular complexity index is 677. The molecule has 0 spiro atoms. The standard InChI is InChI=1S/C15H12BrF2NO2/c1-9-2-4-11(17)7-13(9)19-15(20)8-21-14-5-3-10(16)6-12(14)18/h2-7H,8H2,1H3,(H,19,20). The molecule has 0 saturated heterocycles. The summed E-state index contributed by atoms with van der Waals surface area (Å²) in [7, 11) is 0. The van der Waals surface area contributed by atoms with Crippen molar-refractivity contribution in [3.8, 4) is 5.75 Å². The third-order valence-electron chi connectivity index (χ3n) is 2.73. The monoisotopic (exact) mass is 355 g/mol. The second-order valence-corrected chi connectivity index (χ2v) is 5.29. The van der Waals surface area contributed by atoms with Gasteiger partial charge in [-0.25, -0.2) is 8.78 Å². The summed E-state index contributed by atoms with van der Waals surface area (Å²) >= 11 is 3.12. The molecule has 0 aliphatic heterocycles. The maximum atomic E-state index is 13.5. The minimum absolute atomic E-state index is 0.0238. The predicted molar refractivity (Wildman–Crippen MR) is 79.4 cm³/mol. The van der Waals surface area contributed by atoms with Crippen LogP contribution < -0.4 is 10.1 Å². The molecule has 0 atom stereocenters. The summed E-state index contributed by atoms with van der Waals surface area (Å²) in [6, 6.07) is 8.34. The number of carbonyl (C=O) groups is 1. The minimum Gasteiger partial charge on any atom is -0.481 e. The van der Waals surface area contributed by atoms with Gasteiger partial charge in [0.1, 0.15) is 5.82 Å². The Morgan fingerprint density at radius 1 is 1.24 bits per heavy atom. The summed E-state index contributed by atoms with van der Waals surface area (Å²) in [5.74, 6) is -1.54. The number of benzene rings is 2.